The van der Waals surface area contributed by atoms with Crippen LogP contribution in [-0.2, 0) is 20.4 Å². The van der Waals surface area contributed by atoms with Crippen molar-refractivity contribution in [1.82, 2.24) is 20.1 Å². The molecule has 1 aromatic heterocycles. The number of nitrogens with zero attached hydrogens (tertiary/aromatic N) is 3. The van der Waals surface area contributed by atoms with Crippen LogP contribution in [0.25, 0.3) is 6.08 Å². The molecule has 2 aromatic rings. The Kier molecular flexibility index (Phi) is 8.70. The molecule has 1 fully saturated rings. The summed E-state index contributed by atoms with van der Waals surface area (Å²) in [6.07, 6.45) is 7.74. The van der Waals surface area contributed by atoms with E-state index in [2.05, 4.69) is 15.2 Å². The molecule has 40 heavy (non-hydrogen) atoms. The van der Waals surface area contributed by atoms with Crippen LogP contribution in [0.1, 0.15) is 39.3 Å². The molecule has 0 saturated carbocycles. The van der Waals surface area contributed by atoms with Crippen molar-refractivity contribution in [2.75, 3.05) is 33.2 Å². The molecule has 1 aromatic carbocycles. The summed E-state index contributed by atoms with van der Waals surface area (Å²) in [5.74, 6) is -0.778. The zero-order valence-electron chi connectivity index (χ0n) is 22.7. The monoisotopic (exact) mass is 567 g/mol. The molecule has 1 atom stereocenters. The van der Waals surface area contributed by atoms with Gasteiger partial charge in [-0.2, -0.15) is 0 Å². The number of piperazine rings is 1. The number of aryl methyl sites for hydroxylation is 1. The molecule has 0 bridgehead atoms. The molecule has 2 aliphatic heterocycles. The first-order chi connectivity index (χ1) is 19.0. The number of sulfone groups is 1. The molecule has 212 valence electrons. The van der Waals surface area contributed by atoms with E-state index in [1.165, 1.54) is 42.6 Å². The van der Waals surface area contributed by atoms with Crippen LogP contribution in [0.15, 0.2) is 54.3 Å². The van der Waals surface area contributed by atoms with Gasteiger partial charge in [0.1, 0.15) is 0 Å². The lowest BCUT2D eigenvalue weighted by molar-refractivity contribution is -0.384. The third-order valence-corrected chi connectivity index (χ3v) is 9.22. The molecule has 0 spiro atoms. The SMILES string of the molecule is Cc1[nH]c(/C=C2/C=C/C(S(=O)(=O)Cc3ccc([N+](=O)[O-])cc3)C/C=C/NC2=O)c(C)c1C(=O)N1CCN(C)CC1. The molecule has 2 N–H and O–H groups in total. The smallest absolute Gasteiger partial charge is 0.269 e. The first-order valence-corrected chi connectivity index (χ1v) is 14.7. The maximum absolute atomic E-state index is 13.3. The van der Waals surface area contributed by atoms with E-state index in [0.29, 0.717) is 41.2 Å². The number of amides is 2. The minimum Gasteiger partial charge on any atom is -0.358 e. The van der Waals surface area contributed by atoms with Gasteiger partial charge in [0, 0.05) is 61.5 Å². The molecule has 0 aliphatic carbocycles. The van der Waals surface area contributed by atoms with Crippen LogP contribution in [0.3, 0.4) is 0 Å². The molecule has 12 heteroatoms. The Hall–Kier alpha value is -4.03. The minimum absolute atomic E-state index is 0.0567. The van der Waals surface area contributed by atoms with Crippen molar-refractivity contribution in [2.24, 2.45) is 0 Å². The number of hydrogen-bond acceptors (Lipinski definition) is 7. The quantitative estimate of drug-likeness (QED) is 0.310. The van der Waals surface area contributed by atoms with Gasteiger partial charge in [-0.1, -0.05) is 30.4 Å². The average Bonchev–Trinajstić information content (AvgIpc) is 3.23. The summed E-state index contributed by atoms with van der Waals surface area (Å²) in [7, 11) is -1.69. The molecular weight excluding hydrogens is 534 g/mol. The highest BCUT2D eigenvalue weighted by Crippen LogP contribution is 2.24. The van der Waals surface area contributed by atoms with Gasteiger partial charge in [-0.3, -0.25) is 19.7 Å². The Morgan fingerprint density at radius 2 is 1.82 bits per heavy atom. The topological polar surface area (TPSA) is 146 Å². The van der Waals surface area contributed by atoms with Gasteiger partial charge in [-0.25, -0.2) is 8.42 Å². The number of rotatable bonds is 6. The summed E-state index contributed by atoms with van der Waals surface area (Å²) in [5.41, 5.74) is 3.13. The predicted octanol–water partition coefficient (Wildman–Crippen LogP) is 2.88. The number of carbonyl (C=O) groups is 2. The van der Waals surface area contributed by atoms with Crippen LogP contribution >= 0.6 is 0 Å². The van der Waals surface area contributed by atoms with Gasteiger partial charge >= 0.3 is 0 Å². The lowest BCUT2D eigenvalue weighted by Crippen LogP contribution is -2.47. The summed E-state index contributed by atoms with van der Waals surface area (Å²) in [5, 5.41) is 12.6. The lowest BCUT2D eigenvalue weighted by Gasteiger charge is -2.32. The van der Waals surface area contributed by atoms with Gasteiger partial charge in [0.15, 0.2) is 9.84 Å². The third-order valence-electron chi connectivity index (χ3n) is 7.21. The number of non-ortho nitro benzene ring substituents is 1. The molecule has 2 aliphatic rings. The highest BCUT2D eigenvalue weighted by atomic mass is 32.2. The number of aromatic nitrogens is 1. The zero-order valence-corrected chi connectivity index (χ0v) is 23.5. The van der Waals surface area contributed by atoms with E-state index < -0.39 is 25.9 Å². The summed E-state index contributed by atoms with van der Waals surface area (Å²) >= 11 is 0. The number of nitro groups is 1. The van der Waals surface area contributed by atoms with E-state index in [1.54, 1.807) is 12.2 Å². The maximum Gasteiger partial charge on any atom is 0.269 e. The zero-order chi connectivity index (χ0) is 29.0. The number of H-pyrrole nitrogens is 1. The second-order valence-electron chi connectivity index (χ2n) is 10.1. The molecule has 1 unspecified atom stereocenters. The Bertz CT molecular complexity index is 1500. The number of nitro benzene ring substituents is 1. The number of hydrogen-bond donors (Lipinski definition) is 2. The number of benzene rings is 1. The van der Waals surface area contributed by atoms with Gasteiger partial charge in [-0.15, -0.1) is 0 Å². The Balaban J connectivity index is 1.59. The molecule has 4 rings (SSSR count). The molecule has 0 radical (unpaired) electrons. The Labute approximate surface area is 233 Å². The Morgan fingerprint density at radius 3 is 2.48 bits per heavy atom. The second kappa shape index (κ2) is 12.0. The summed E-state index contributed by atoms with van der Waals surface area (Å²) in [6, 6.07) is 5.41. The molecule has 11 nitrogen and oxygen atoms in total. The number of likely N-dealkylation sites (N-methyl/N-ethyl adjacent to an activating group) is 1. The van der Waals surface area contributed by atoms with E-state index >= 15 is 0 Å². The number of allylic oxidation sites excluding steroid dienone is 1. The highest BCUT2D eigenvalue weighted by molar-refractivity contribution is 7.91. The van der Waals surface area contributed by atoms with Gasteiger partial charge in [0.05, 0.1) is 21.5 Å². The fraction of sp³-hybridized carbons (Fsp3) is 0.357. The van der Waals surface area contributed by atoms with Gasteiger partial charge in [0.25, 0.3) is 17.5 Å². The number of carbonyl (C=O) groups excluding carboxylic acids is 2. The highest BCUT2D eigenvalue weighted by Gasteiger charge is 2.27. The maximum atomic E-state index is 13.3. The Morgan fingerprint density at radius 1 is 1.15 bits per heavy atom. The van der Waals surface area contributed by atoms with Crippen LogP contribution in [0, 0.1) is 24.0 Å². The summed E-state index contributed by atoms with van der Waals surface area (Å²) in [6.45, 7) is 6.54. The van der Waals surface area contributed by atoms with E-state index in [4.69, 9.17) is 0 Å². The summed E-state index contributed by atoms with van der Waals surface area (Å²) < 4.78 is 26.5. The fourth-order valence-corrected chi connectivity index (χ4v) is 6.37. The van der Waals surface area contributed by atoms with Gasteiger partial charge in [-0.05, 0) is 44.5 Å². The minimum atomic E-state index is -3.71. The van der Waals surface area contributed by atoms with Crippen molar-refractivity contribution in [3.63, 3.8) is 0 Å². The standard InChI is InChI=1S/C28H33N5O6S/c1-19-25(30-20(2)26(19)28(35)32-15-13-31(3)14-16-32)17-22-8-11-24(5-4-12-29-27(22)34)40(38,39)18-21-6-9-23(10-7-21)33(36)37/h4,6-12,17,24,30H,5,13-16,18H2,1-3H3,(H,29,34)/b11-8+,12-4+,22-17-. The first-order valence-electron chi connectivity index (χ1n) is 12.9. The van der Waals surface area contributed by atoms with E-state index in [1.807, 2.05) is 25.8 Å². The van der Waals surface area contributed by atoms with Crippen molar-refractivity contribution < 1.29 is 22.9 Å². The van der Waals surface area contributed by atoms with Crippen molar-refractivity contribution in [3.8, 4) is 0 Å². The van der Waals surface area contributed by atoms with E-state index in [-0.39, 0.29) is 29.3 Å². The third kappa shape index (κ3) is 6.57. The number of nitrogens with one attached hydrogen (secondary N) is 2. The molecule has 2 amide bonds. The van der Waals surface area contributed by atoms with Crippen LogP contribution in [0.2, 0.25) is 0 Å². The van der Waals surface area contributed by atoms with Crippen molar-refractivity contribution in [1.29, 1.82) is 0 Å². The van der Waals surface area contributed by atoms with Crippen molar-refractivity contribution >= 4 is 33.4 Å². The molecular formula is C28H33N5O6S. The van der Waals surface area contributed by atoms with Crippen LogP contribution in [0.4, 0.5) is 5.69 Å². The second-order valence-corrected chi connectivity index (χ2v) is 12.3. The summed E-state index contributed by atoms with van der Waals surface area (Å²) in [4.78, 5) is 43.8. The predicted molar refractivity (Wildman–Crippen MR) is 152 cm³/mol. The van der Waals surface area contributed by atoms with Gasteiger partial charge in [0.2, 0.25) is 0 Å². The largest absolute Gasteiger partial charge is 0.358 e. The number of aromatic amines is 1. The van der Waals surface area contributed by atoms with Crippen molar-refractivity contribution in [2.45, 2.75) is 31.3 Å². The average molecular weight is 568 g/mol. The molecule has 3 heterocycles. The fourth-order valence-electron chi connectivity index (χ4n) is 4.78. The van der Waals surface area contributed by atoms with E-state index in [0.717, 1.165) is 13.1 Å². The van der Waals surface area contributed by atoms with Crippen molar-refractivity contribution in [3.05, 3.63) is 92.5 Å². The normalized spacial score (nSPS) is 21.3. The van der Waals surface area contributed by atoms with Crippen LogP contribution < -0.4 is 5.32 Å². The lowest BCUT2D eigenvalue weighted by atomic mass is 10.1. The molecule has 1 saturated heterocycles. The first kappa shape index (κ1) is 29.0. The van der Waals surface area contributed by atoms with E-state index in [9.17, 15) is 28.1 Å². The van der Waals surface area contributed by atoms with Crippen LogP contribution in [0.5, 0.6) is 0 Å². The van der Waals surface area contributed by atoms with Crippen LogP contribution in [-0.4, -0.2) is 78.4 Å². The van der Waals surface area contributed by atoms with Gasteiger partial charge < -0.3 is 20.1 Å².